The summed E-state index contributed by atoms with van der Waals surface area (Å²) in [6, 6.07) is 0. The first-order valence-electron chi connectivity index (χ1n) is 11.0. The number of methoxy groups -OCH3 is 1. The summed E-state index contributed by atoms with van der Waals surface area (Å²) in [5, 5.41) is 99.5. The molecule has 0 saturated carbocycles. The summed E-state index contributed by atoms with van der Waals surface area (Å²) in [6.07, 6.45) is -23.3. The Labute approximate surface area is 199 Å². The van der Waals surface area contributed by atoms with E-state index in [1.807, 2.05) is 0 Å². The van der Waals surface area contributed by atoms with Crippen LogP contribution in [0, 0.1) is 0 Å². The molecule has 0 aromatic carbocycles. The fraction of sp³-hybridized carbons (Fsp3) is 1.00. The average molecular weight is 518 g/mol. The molecule has 35 heavy (non-hydrogen) atoms. The number of hydrogen-bond donors (Lipinski definition) is 10. The van der Waals surface area contributed by atoms with Crippen LogP contribution in [0.5, 0.6) is 0 Å². The van der Waals surface area contributed by atoms with Crippen LogP contribution in [-0.4, -0.2) is 170 Å². The molecule has 0 bridgehead atoms. The molecular formula is C19H34O16. The van der Waals surface area contributed by atoms with Crippen LogP contribution in [0.1, 0.15) is 0 Å². The van der Waals surface area contributed by atoms with E-state index in [-0.39, 0.29) is 0 Å². The second kappa shape index (κ2) is 12.3. The van der Waals surface area contributed by atoms with Gasteiger partial charge in [0.25, 0.3) is 0 Å². The molecule has 16 nitrogen and oxygen atoms in total. The molecule has 206 valence electrons. The van der Waals surface area contributed by atoms with E-state index in [1.54, 1.807) is 0 Å². The van der Waals surface area contributed by atoms with E-state index < -0.39 is 112 Å². The molecule has 3 fully saturated rings. The van der Waals surface area contributed by atoms with Gasteiger partial charge in [0.05, 0.1) is 19.8 Å². The Hall–Kier alpha value is -0.640. The Morgan fingerprint density at radius 1 is 0.543 bits per heavy atom. The molecule has 10 N–H and O–H groups in total. The van der Waals surface area contributed by atoms with Crippen molar-refractivity contribution in [3.63, 3.8) is 0 Å². The van der Waals surface area contributed by atoms with Crippen molar-refractivity contribution < 1.29 is 79.5 Å². The van der Waals surface area contributed by atoms with Crippen molar-refractivity contribution in [2.24, 2.45) is 0 Å². The van der Waals surface area contributed by atoms with Crippen molar-refractivity contribution in [3.05, 3.63) is 0 Å². The van der Waals surface area contributed by atoms with E-state index in [1.165, 1.54) is 7.11 Å². The lowest BCUT2D eigenvalue weighted by molar-refractivity contribution is -0.369. The molecule has 16 heteroatoms. The fourth-order valence-electron chi connectivity index (χ4n) is 4.11. The first-order valence-corrected chi connectivity index (χ1v) is 11.0. The second-order valence-corrected chi connectivity index (χ2v) is 8.59. The van der Waals surface area contributed by atoms with Gasteiger partial charge in [-0.15, -0.1) is 0 Å². The molecule has 8 unspecified atom stereocenters. The number of hydrogen-bond acceptors (Lipinski definition) is 16. The van der Waals surface area contributed by atoms with Gasteiger partial charge in [-0.3, -0.25) is 0 Å². The maximum Gasteiger partial charge on any atom is 0.187 e. The normalized spacial score (nSPS) is 51.3. The Morgan fingerprint density at radius 2 is 1.00 bits per heavy atom. The lowest BCUT2D eigenvalue weighted by Crippen LogP contribution is -2.65. The predicted octanol–water partition coefficient (Wildman–Crippen LogP) is -6.92. The molecule has 0 radical (unpaired) electrons. The van der Waals surface area contributed by atoms with Gasteiger partial charge in [-0.1, -0.05) is 0 Å². The highest BCUT2D eigenvalue weighted by atomic mass is 16.8. The highest BCUT2D eigenvalue weighted by molar-refractivity contribution is 4.94. The van der Waals surface area contributed by atoms with Crippen LogP contribution in [0.25, 0.3) is 0 Å². The molecule has 0 aliphatic carbocycles. The molecule has 3 rings (SSSR count). The highest BCUT2D eigenvalue weighted by Crippen LogP contribution is 2.30. The monoisotopic (exact) mass is 518 g/mol. The third-order valence-corrected chi connectivity index (χ3v) is 6.29. The standard InChI is InChI=1S/C19H34O16/c1-30-19-16(35-18-15(29)12(26)9(23)6(3-21)33-18)13(27)10(24)7(34-19)4-31-17-14(28)11(25)8(22)5(2-20)32-17/h5-29H,2-4H2,1H3/t5?,6-,7?,8+,9+,10+,11?,12?,13?,14?,15?,16?,17-,18+,19-/m0/s1. The summed E-state index contributed by atoms with van der Waals surface area (Å²) in [5.41, 5.74) is 0. The van der Waals surface area contributed by atoms with E-state index in [4.69, 9.17) is 28.4 Å². The first-order chi connectivity index (χ1) is 16.5. The van der Waals surface area contributed by atoms with Crippen LogP contribution in [-0.2, 0) is 28.4 Å². The van der Waals surface area contributed by atoms with E-state index in [0.717, 1.165) is 0 Å². The predicted molar refractivity (Wildman–Crippen MR) is 106 cm³/mol. The van der Waals surface area contributed by atoms with E-state index in [2.05, 4.69) is 0 Å². The largest absolute Gasteiger partial charge is 0.394 e. The molecule has 0 aromatic rings. The zero-order valence-electron chi connectivity index (χ0n) is 18.7. The number of aliphatic hydroxyl groups is 10. The van der Waals surface area contributed by atoms with Gasteiger partial charge in [-0.2, -0.15) is 0 Å². The van der Waals surface area contributed by atoms with Gasteiger partial charge in [-0.25, -0.2) is 0 Å². The van der Waals surface area contributed by atoms with Crippen LogP contribution in [0.4, 0.5) is 0 Å². The van der Waals surface area contributed by atoms with Crippen molar-refractivity contribution in [1.29, 1.82) is 0 Å². The molecule has 15 atom stereocenters. The zero-order chi connectivity index (χ0) is 26.0. The van der Waals surface area contributed by atoms with Gasteiger partial charge in [0.1, 0.15) is 73.2 Å². The van der Waals surface area contributed by atoms with E-state index in [0.29, 0.717) is 0 Å². The minimum absolute atomic E-state index is 0.506. The van der Waals surface area contributed by atoms with E-state index >= 15 is 0 Å². The Kier molecular flexibility index (Phi) is 10.1. The summed E-state index contributed by atoms with van der Waals surface area (Å²) < 4.78 is 32.0. The maximum absolute atomic E-state index is 10.6. The second-order valence-electron chi connectivity index (χ2n) is 8.59. The quantitative estimate of drug-likeness (QED) is 0.143. The van der Waals surface area contributed by atoms with Crippen molar-refractivity contribution in [2.45, 2.75) is 92.1 Å². The number of ether oxygens (including phenoxy) is 6. The average Bonchev–Trinajstić information content (AvgIpc) is 2.85. The summed E-state index contributed by atoms with van der Waals surface area (Å²) in [6.45, 7) is -1.88. The number of aliphatic hydroxyl groups excluding tert-OH is 10. The third-order valence-electron chi connectivity index (χ3n) is 6.29. The lowest BCUT2D eigenvalue weighted by atomic mass is 9.97. The van der Waals surface area contributed by atoms with Crippen molar-refractivity contribution in [1.82, 2.24) is 0 Å². The van der Waals surface area contributed by atoms with Crippen molar-refractivity contribution >= 4 is 0 Å². The lowest BCUT2D eigenvalue weighted by Gasteiger charge is -2.46. The van der Waals surface area contributed by atoms with Gasteiger partial charge in [0.2, 0.25) is 0 Å². The minimum Gasteiger partial charge on any atom is -0.394 e. The number of rotatable bonds is 8. The smallest absolute Gasteiger partial charge is 0.187 e. The summed E-state index contributed by atoms with van der Waals surface area (Å²) in [7, 11) is 1.19. The molecule has 0 aromatic heterocycles. The molecule has 0 spiro atoms. The Morgan fingerprint density at radius 3 is 1.51 bits per heavy atom. The summed E-state index contributed by atoms with van der Waals surface area (Å²) in [5.74, 6) is 0. The first kappa shape index (κ1) is 28.9. The summed E-state index contributed by atoms with van der Waals surface area (Å²) in [4.78, 5) is 0. The van der Waals surface area contributed by atoms with E-state index in [9.17, 15) is 51.1 Å². The third kappa shape index (κ3) is 5.93. The van der Waals surface area contributed by atoms with Gasteiger partial charge < -0.3 is 79.5 Å². The molecule has 3 saturated heterocycles. The SMILES string of the molecule is CO[C@H]1OC(CO[C@H]2OC(CO)[C@@H](O)C(O)C2O)[C@@H](O)C(O)C1O[C@H]1O[C@@H](CO)[C@@H](O)C(O)C1O. The maximum atomic E-state index is 10.6. The molecule has 3 heterocycles. The van der Waals surface area contributed by atoms with Crippen LogP contribution in [0.2, 0.25) is 0 Å². The van der Waals surface area contributed by atoms with Crippen LogP contribution < -0.4 is 0 Å². The summed E-state index contributed by atoms with van der Waals surface area (Å²) >= 11 is 0. The fourth-order valence-corrected chi connectivity index (χ4v) is 4.11. The van der Waals surface area contributed by atoms with Gasteiger partial charge in [-0.05, 0) is 0 Å². The van der Waals surface area contributed by atoms with Crippen LogP contribution in [0.3, 0.4) is 0 Å². The van der Waals surface area contributed by atoms with Crippen LogP contribution >= 0.6 is 0 Å². The molecule has 3 aliphatic rings. The van der Waals surface area contributed by atoms with Gasteiger partial charge in [0.15, 0.2) is 18.9 Å². The molecular weight excluding hydrogens is 484 g/mol. The van der Waals surface area contributed by atoms with Crippen molar-refractivity contribution in [3.8, 4) is 0 Å². The van der Waals surface area contributed by atoms with Crippen molar-refractivity contribution in [2.75, 3.05) is 26.9 Å². The highest BCUT2D eigenvalue weighted by Gasteiger charge is 2.51. The Bertz CT molecular complexity index is 648. The van der Waals surface area contributed by atoms with Gasteiger partial charge >= 0.3 is 0 Å². The topological polar surface area (TPSA) is 258 Å². The Balaban J connectivity index is 1.63. The minimum atomic E-state index is -1.78. The molecule has 3 aliphatic heterocycles. The van der Waals surface area contributed by atoms with Crippen LogP contribution in [0.15, 0.2) is 0 Å². The zero-order valence-corrected chi connectivity index (χ0v) is 18.7. The molecule has 0 amide bonds. The van der Waals surface area contributed by atoms with Gasteiger partial charge in [0, 0.05) is 7.11 Å².